The minimum Gasteiger partial charge on any atom is -0.497 e. The van der Waals surface area contributed by atoms with Crippen molar-refractivity contribution in [1.29, 1.82) is 0 Å². The number of ether oxygens (including phenoxy) is 1. The van der Waals surface area contributed by atoms with Gasteiger partial charge in [-0.3, -0.25) is 0 Å². The van der Waals surface area contributed by atoms with Crippen molar-refractivity contribution < 1.29 is 13.2 Å². The van der Waals surface area contributed by atoms with Gasteiger partial charge in [0, 0.05) is 42.1 Å². The average molecular weight is 450 g/mol. The van der Waals surface area contributed by atoms with Gasteiger partial charge in [-0.2, -0.15) is 4.31 Å². The van der Waals surface area contributed by atoms with Crippen LogP contribution < -0.4 is 9.64 Å². The summed E-state index contributed by atoms with van der Waals surface area (Å²) in [6.07, 6.45) is 0. The third-order valence-corrected chi connectivity index (χ3v) is 7.90. The Hall–Kier alpha value is -2.13. The van der Waals surface area contributed by atoms with E-state index in [1.54, 1.807) is 42.7 Å². The number of piperazine rings is 1. The highest BCUT2D eigenvalue weighted by Gasteiger charge is 2.29. The van der Waals surface area contributed by atoms with Crippen LogP contribution in [0.2, 0.25) is 5.02 Å². The van der Waals surface area contributed by atoms with Crippen LogP contribution >= 0.6 is 22.9 Å². The van der Waals surface area contributed by atoms with E-state index in [1.807, 2.05) is 29.6 Å². The van der Waals surface area contributed by atoms with E-state index in [2.05, 4.69) is 4.90 Å². The van der Waals surface area contributed by atoms with Crippen molar-refractivity contribution in [2.75, 3.05) is 38.2 Å². The van der Waals surface area contributed by atoms with Crippen LogP contribution in [0, 0.1) is 0 Å². The van der Waals surface area contributed by atoms with E-state index in [1.165, 1.54) is 4.31 Å². The first-order chi connectivity index (χ1) is 14.0. The molecule has 3 aromatic rings. The fourth-order valence-electron chi connectivity index (χ4n) is 3.18. The van der Waals surface area contributed by atoms with Gasteiger partial charge in [0.1, 0.15) is 5.75 Å². The average Bonchev–Trinajstić information content (AvgIpc) is 3.24. The Morgan fingerprint density at radius 2 is 1.66 bits per heavy atom. The first-order valence-corrected chi connectivity index (χ1v) is 11.8. The summed E-state index contributed by atoms with van der Waals surface area (Å²) in [7, 11) is -1.96. The normalized spacial score (nSPS) is 15.4. The maximum Gasteiger partial charge on any atom is 0.243 e. The number of nitrogens with zero attached hydrogens (tertiary/aromatic N) is 3. The van der Waals surface area contributed by atoms with E-state index in [9.17, 15) is 8.42 Å². The summed E-state index contributed by atoms with van der Waals surface area (Å²) in [6, 6.07) is 14.1. The zero-order valence-electron chi connectivity index (χ0n) is 15.8. The highest BCUT2D eigenvalue weighted by Crippen LogP contribution is 2.29. The quantitative estimate of drug-likeness (QED) is 0.589. The van der Waals surface area contributed by atoms with Crippen molar-refractivity contribution in [2.45, 2.75) is 4.90 Å². The molecule has 0 amide bonds. The molecule has 0 saturated carbocycles. The van der Waals surface area contributed by atoms with E-state index in [4.69, 9.17) is 21.3 Å². The van der Waals surface area contributed by atoms with Crippen molar-refractivity contribution >= 4 is 38.1 Å². The number of sulfonamides is 1. The number of hydrogen-bond donors (Lipinski definition) is 0. The number of halogens is 1. The number of aromatic nitrogens is 1. The van der Waals surface area contributed by atoms with Gasteiger partial charge in [-0.15, -0.1) is 11.3 Å². The fraction of sp³-hybridized carbons (Fsp3) is 0.250. The van der Waals surface area contributed by atoms with Gasteiger partial charge in [0.15, 0.2) is 5.13 Å². The summed E-state index contributed by atoms with van der Waals surface area (Å²) in [5.74, 6) is 0.633. The fourth-order valence-corrected chi connectivity index (χ4v) is 5.62. The van der Waals surface area contributed by atoms with Gasteiger partial charge in [-0.1, -0.05) is 23.7 Å². The Morgan fingerprint density at radius 1 is 1.00 bits per heavy atom. The number of rotatable bonds is 5. The summed E-state index contributed by atoms with van der Waals surface area (Å²) < 4.78 is 32.4. The SMILES string of the molecule is COc1ccc(S(=O)(=O)N2CCN(c3nc(-c4ccc(Cl)cc4)cs3)CC2)cc1. The summed E-state index contributed by atoms with van der Waals surface area (Å²) >= 11 is 7.51. The van der Waals surface area contributed by atoms with Crippen LogP contribution in [-0.2, 0) is 10.0 Å². The topological polar surface area (TPSA) is 62.7 Å². The Kier molecular flexibility index (Phi) is 5.78. The van der Waals surface area contributed by atoms with Crippen LogP contribution in [0.5, 0.6) is 5.75 Å². The number of thiazole rings is 1. The van der Waals surface area contributed by atoms with Gasteiger partial charge in [0.2, 0.25) is 10.0 Å². The highest BCUT2D eigenvalue weighted by atomic mass is 35.5. The molecule has 2 heterocycles. The number of hydrogen-bond acceptors (Lipinski definition) is 6. The Balaban J connectivity index is 1.43. The third-order valence-electron chi connectivity index (χ3n) is 4.84. The zero-order chi connectivity index (χ0) is 20.4. The van der Waals surface area contributed by atoms with Crippen molar-refractivity contribution in [2.24, 2.45) is 0 Å². The van der Waals surface area contributed by atoms with Crippen LogP contribution in [-0.4, -0.2) is 51.0 Å². The molecule has 29 heavy (non-hydrogen) atoms. The monoisotopic (exact) mass is 449 g/mol. The lowest BCUT2D eigenvalue weighted by molar-refractivity contribution is 0.384. The molecule has 1 aromatic heterocycles. The van der Waals surface area contributed by atoms with Crippen molar-refractivity contribution in [1.82, 2.24) is 9.29 Å². The van der Waals surface area contributed by atoms with Gasteiger partial charge >= 0.3 is 0 Å². The van der Waals surface area contributed by atoms with Gasteiger partial charge < -0.3 is 9.64 Å². The molecule has 9 heteroatoms. The van der Waals surface area contributed by atoms with Crippen molar-refractivity contribution in [3.8, 4) is 17.0 Å². The lowest BCUT2D eigenvalue weighted by atomic mass is 10.2. The van der Waals surface area contributed by atoms with E-state index in [-0.39, 0.29) is 4.90 Å². The molecule has 0 spiro atoms. The lowest BCUT2D eigenvalue weighted by Crippen LogP contribution is -2.48. The van der Waals surface area contributed by atoms with Crippen LogP contribution in [0.25, 0.3) is 11.3 Å². The molecule has 0 bridgehead atoms. The Labute approximate surface area is 179 Å². The molecule has 4 rings (SSSR count). The smallest absolute Gasteiger partial charge is 0.243 e. The second-order valence-corrected chi connectivity index (χ2v) is 9.80. The molecule has 1 fully saturated rings. The standard InChI is InChI=1S/C20H20ClN3O3S2/c1-27-17-6-8-18(9-7-17)29(25,26)24-12-10-23(11-13-24)20-22-19(14-28-20)15-2-4-16(21)5-3-15/h2-9,14H,10-13H2,1H3. The second-order valence-electron chi connectivity index (χ2n) is 6.59. The predicted molar refractivity (Wildman–Crippen MR) is 117 cm³/mol. The van der Waals surface area contributed by atoms with Crippen molar-refractivity contribution in [3.05, 3.63) is 58.9 Å². The van der Waals surface area contributed by atoms with Crippen LogP contribution in [0.4, 0.5) is 5.13 Å². The summed E-state index contributed by atoms with van der Waals surface area (Å²) in [5, 5.41) is 3.61. The van der Waals surface area contributed by atoms with Crippen LogP contribution in [0.1, 0.15) is 0 Å². The minimum atomic E-state index is -3.51. The number of anilines is 1. The third kappa shape index (κ3) is 4.25. The molecule has 6 nitrogen and oxygen atoms in total. The zero-order valence-corrected chi connectivity index (χ0v) is 18.2. The predicted octanol–water partition coefficient (Wildman–Crippen LogP) is 3.98. The van der Waals surface area contributed by atoms with Gasteiger partial charge in [0.05, 0.1) is 17.7 Å². The molecule has 152 valence electrons. The molecule has 1 aliphatic rings. The lowest BCUT2D eigenvalue weighted by Gasteiger charge is -2.33. The summed E-state index contributed by atoms with van der Waals surface area (Å²) in [5.41, 5.74) is 1.91. The molecule has 0 radical (unpaired) electrons. The van der Waals surface area contributed by atoms with Gasteiger partial charge in [-0.05, 0) is 36.4 Å². The molecule has 1 aliphatic heterocycles. The van der Waals surface area contributed by atoms with E-state index in [0.717, 1.165) is 16.4 Å². The molecule has 2 aromatic carbocycles. The summed E-state index contributed by atoms with van der Waals surface area (Å²) in [4.78, 5) is 7.13. The molecule has 0 N–H and O–H groups in total. The van der Waals surface area contributed by atoms with Gasteiger partial charge in [-0.25, -0.2) is 13.4 Å². The van der Waals surface area contributed by atoms with Gasteiger partial charge in [0.25, 0.3) is 0 Å². The highest BCUT2D eigenvalue weighted by molar-refractivity contribution is 7.89. The first kappa shape index (κ1) is 20.2. The first-order valence-electron chi connectivity index (χ1n) is 9.08. The maximum absolute atomic E-state index is 12.9. The second kappa shape index (κ2) is 8.31. The van der Waals surface area contributed by atoms with Crippen molar-refractivity contribution in [3.63, 3.8) is 0 Å². The Morgan fingerprint density at radius 3 is 2.28 bits per heavy atom. The largest absolute Gasteiger partial charge is 0.497 e. The molecular formula is C20H20ClN3O3S2. The molecule has 0 atom stereocenters. The molecule has 0 unspecified atom stereocenters. The Bertz CT molecular complexity index is 1070. The maximum atomic E-state index is 12.9. The van der Waals surface area contributed by atoms with Crippen LogP contribution in [0.15, 0.2) is 58.8 Å². The minimum absolute atomic E-state index is 0.283. The van der Waals surface area contributed by atoms with E-state index >= 15 is 0 Å². The number of methoxy groups -OCH3 is 1. The van der Waals surface area contributed by atoms with Crippen LogP contribution in [0.3, 0.4) is 0 Å². The van der Waals surface area contributed by atoms with E-state index < -0.39 is 10.0 Å². The molecular weight excluding hydrogens is 430 g/mol. The van der Waals surface area contributed by atoms with E-state index in [0.29, 0.717) is 37.0 Å². The molecule has 1 saturated heterocycles. The number of benzene rings is 2. The summed E-state index contributed by atoms with van der Waals surface area (Å²) in [6.45, 7) is 2.04. The molecule has 0 aliphatic carbocycles.